The van der Waals surface area contributed by atoms with Gasteiger partial charge >= 0.3 is 0 Å². The van der Waals surface area contributed by atoms with Crippen molar-refractivity contribution in [2.24, 2.45) is 7.05 Å². The molecule has 0 bridgehead atoms. The van der Waals surface area contributed by atoms with Gasteiger partial charge < -0.3 is 4.57 Å². The highest BCUT2D eigenvalue weighted by atomic mass is 32.2. The maximum Gasteiger partial charge on any atom is 0.239 e. The molecule has 0 aliphatic rings. The Labute approximate surface area is 176 Å². The number of carbonyl (C=O) groups excluding carboxylic acids is 1. The van der Waals surface area contributed by atoms with E-state index < -0.39 is 0 Å². The van der Waals surface area contributed by atoms with Gasteiger partial charge in [-0.1, -0.05) is 62.1 Å². The second kappa shape index (κ2) is 8.03. The zero-order valence-electron chi connectivity index (χ0n) is 16.6. The second-order valence-electron chi connectivity index (χ2n) is 6.95. The van der Waals surface area contributed by atoms with Gasteiger partial charge in [0.05, 0.1) is 10.8 Å². The third kappa shape index (κ3) is 3.82. The minimum absolute atomic E-state index is 0.135. The lowest BCUT2D eigenvalue weighted by atomic mass is 10.2. The van der Waals surface area contributed by atoms with E-state index in [1.807, 2.05) is 56.7 Å². The van der Waals surface area contributed by atoms with Crippen molar-refractivity contribution >= 4 is 56.2 Å². The van der Waals surface area contributed by atoms with Gasteiger partial charge in [0.2, 0.25) is 16.2 Å². The van der Waals surface area contributed by atoms with Crippen LogP contribution in [-0.4, -0.2) is 41.1 Å². The van der Waals surface area contributed by atoms with Gasteiger partial charge in [-0.3, -0.25) is 10.1 Å². The monoisotopic (exact) mass is 427 g/mol. The quantitative estimate of drug-likeness (QED) is 0.464. The fourth-order valence-electron chi connectivity index (χ4n) is 3.00. The summed E-state index contributed by atoms with van der Waals surface area (Å²) in [4.78, 5) is 17.4. The lowest BCUT2D eigenvalue weighted by Crippen LogP contribution is -2.24. The number of amides is 1. The Morgan fingerprint density at radius 1 is 1.21 bits per heavy atom. The maximum absolute atomic E-state index is 12.7. The molecule has 0 spiro atoms. The lowest BCUT2D eigenvalue weighted by molar-refractivity contribution is -0.115. The molecule has 3 aromatic heterocycles. The molecule has 1 N–H and O–H groups in total. The third-order valence-electron chi connectivity index (χ3n) is 4.56. The minimum atomic E-state index is -0.352. The van der Waals surface area contributed by atoms with Gasteiger partial charge in [-0.2, -0.15) is 0 Å². The fourth-order valence-corrected chi connectivity index (χ4v) is 4.56. The molecular formula is C19H21N7OS2. The summed E-state index contributed by atoms with van der Waals surface area (Å²) in [7, 11) is 1.96. The van der Waals surface area contributed by atoms with Crippen molar-refractivity contribution in [3.63, 3.8) is 0 Å². The van der Waals surface area contributed by atoms with Crippen molar-refractivity contribution in [3.8, 4) is 0 Å². The second-order valence-corrected chi connectivity index (χ2v) is 9.13. The summed E-state index contributed by atoms with van der Waals surface area (Å²) in [5.74, 6) is 0.145. The van der Waals surface area contributed by atoms with Crippen LogP contribution in [0.4, 0.5) is 5.13 Å². The highest BCUT2D eigenvalue weighted by Crippen LogP contribution is 2.29. The van der Waals surface area contributed by atoms with E-state index >= 15 is 0 Å². The summed E-state index contributed by atoms with van der Waals surface area (Å²) < 4.78 is 2.00. The van der Waals surface area contributed by atoms with Gasteiger partial charge in [0.25, 0.3) is 0 Å². The predicted molar refractivity (Wildman–Crippen MR) is 116 cm³/mol. The van der Waals surface area contributed by atoms with Gasteiger partial charge in [0.15, 0.2) is 5.65 Å². The number of anilines is 1. The molecule has 0 saturated carbocycles. The number of carbonyl (C=O) groups is 1. The highest BCUT2D eigenvalue weighted by molar-refractivity contribution is 8.00. The summed E-state index contributed by atoms with van der Waals surface area (Å²) in [6.07, 6.45) is 0.628. The first-order valence-electron chi connectivity index (χ1n) is 9.36. The van der Waals surface area contributed by atoms with Crippen LogP contribution in [0, 0.1) is 0 Å². The smallest absolute Gasteiger partial charge is 0.239 e. The number of hydrogen-bond donors (Lipinski definition) is 1. The topological polar surface area (TPSA) is 98.5 Å². The molecule has 0 saturated heterocycles. The van der Waals surface area contributed by atoms with Crippen LogP contribution < -0.4 is 5.32 Å². The van der Waals surface area contributed by atoms with Crippen LogP contribution in [0.1, 0.15) is 38.1 Å². The molecule has 1 aromatic carbocycles. The van der Waals surface area contributed by atoms with Crippen molar-refractivity contribution < 1.29 is 4.79 Å². The van der Waals surface area contributed by atoms with E-state index in [1.54, 1.807) is 0 Å². The number of para-hydroxylation sites is 1. The van der Waals surface area contributed by atoms with Crippen molar-refractivity contribution in [2.45, 2.75) is 43.5 Å². The van der Waals surface area contributed by atoms with E-state index in [1.165, 1.54) is 23.1 Å². The van der Waals surface area contributed by atoms with Gasteiger partial charge in [-0.15, -0.1) is 20.4 Å². The average Bonchev–Trinajstić information content (AvgIpc) is 3.30. The predicted octanol–water partition coefficient (Wildman–Crippen LogP) is 4.00. The Hall–Kier alpha value is -2.59. The number of nitrogens with one attached hydrogen (secondary N) is 1. The number of thioether (sulfide) groups is 1. The Kier molecular flexibility index (Phi) is 5.46. The SMILES string of the molecule is CC[C@H](Sc1nnc2c3ccccc3n(C)c2n1)C(=O)Nc1nnc(C(C)C)s1. The molecule has 0 fully saturated rings. The van der Waals surface area contributed by atoms with Crippen molar-refractivity contribution in [3.05, 3.63) is 29.3 Å². The van der Waals surface area contributed by atoms with E-state index in [4.69, 9.17) is 0 Å². The minimum Gasteiger partial charge on any atom is -0.327 e. The molecule has 0 aliphatic carbocycles. The summed E-state index contributed by atoms with van der Waals surface area (Å²) in [6.45, 7) is 6.05. The number of aromatic nitrogens is 6. The number of fused-ring (bicyclic) bond motifs is 3. The highest BCUT2D eigenvalue weighted by Gasteiger charge is 2.22. The Morgan fingerprint density at radius 2 is 2.00 bits per heavy atom. The molecule has 0 radical (unpaired) electrons. The molecule has 0 unspecified atom stereocenters. The number of nitrogens with zero attached hydrogens (tertiary/aromatic N) is 6. The van der Waals surface area contributed by atoms with Gasteiger partial charge in [-0.25, -0.2) is 4.98 Å². The summed E-state index contributed by atoms with van der Waals surface area (Å²) >= 11 is 2.71. The van der Waals surface area contributed by atoms with Crippen molar-refractivity contribution in [1.82, 2.24) is 29.9 Å². The van der Waals surface area contributed by atoms with E-state index in [-0.39, 0.29) is 17.1 Å². The number of rotatable bonds is 6. The third-order valence-corrected chi connectivity index (χ3v) is 6.92. The van der Waals surface area contributed by atoms with E-state index in [2.05, 4.69) is 30.7 Å². The molecule has 0 aliphatic heterocycles. The molecule has 4 aromatic rings. The Balaban J connectivity index is 1.55. The molecule has 29 heavy (non-hydrogen) atoms. The average molecular weight is 428 g/mol. The molecule has 4 rings (SSSR count). The number of benzene rings is 1. The van der Waals surface area contributed by atoms with Crippen LogP contribution in [0.15, 0.2) is 29.4 Å². The molecule has 150 valence electrons. The van der Waals surface area contributed by atoms with Crippen molar-refractivity contribution in [1.29, 1.82) is 0 Å². The van der Waals surface area contributed by atoms with Crippen LogP contribution in [0.2, 0.25) is 0 Å². The molecule has 10 heteroatoms. The lowest BCUT2D eigenvalue weighted by Gasteiger charge is -2.11. The fraction of sp³-hybridized carbons (Fsp3) is 0.368. The molecule has 3 heterocycles. The van der Waals surface area contributed by atoms with Crippen LogP contribution in [0.5, 0.6) is 0 Å². The van der Waals surface area contributed by atoms with Crippen LogP contribution >= 0.6 is 23.1 Å². The van der Waals surface area contributed by atoms with Crippen LogP contribution in [0.25, 0.3) is 22.1 Å². The summed E-state index contributed by atoms with van der Waals surface area (Å²) in [6, 6.07) is 8.00. The Bertz CT molecular complexity index is 1180. The molecule has 1 atom stereocenters. The first-order chi connectivity index (χ1) is 14.0. The van der Waals surface area contributed by atoms with Crippen LogP contribution in [-0.2, 0) is 11.8 Å². The van der Waals surface area contributed by atoms with Gasteiger partial charge in [-0.05, 0) is 12.5 Å². The zero-order valence-corrected chi connectivity index (χ0v) is 18.2. The normalized spacial score (nSPS) is 12.7. The van der Waals surface area contributed by atoms with E-state index in [0.29, 0.717) is 16.7 Å². The summed E-state index contributed by atoms with van der Waals surface area (Å²) in [5.41, 5.74) is 2.57. The van der Waals surface area contributed by atoms with Crippen LogP contribution in [0.3, 0.4) is 0 Å². The van der Waals surface area contributed by atoms with Gasteiger partial charge in [0.1, 0.15) is 10.5 Å². The standard InChI is InChI=1S/C19H21N7OS2/c1-5-13(16(27)21-19-25-23-17(29-19)10(2)3)28-18-20-15-14(22-24-18)11-8-6-7-9-12(11)26(15)4/h6-10,13H,5H2,1-4H3,(H,21,25,27)/t13-/m0/s1. The first kappa shape index (κ1) is 19.7. The largest absolute Gasteiger partial charge is 0.327 e. The Morgan fingerprint density at radius 3 is 2.72 bits per heavy atom. The van der Waals surface area contributed by atoms with Crippen molar-refractivity contribution in [2.75, 3.05) is 5.32 Å². The first-order valence-corrected chi connectivity index (χ1v) is 11.1. The molecule has 1 amide bonds. The molecule has 8 nitrogen and oxygen atoms in total. The number of hydrogen-bond acceptors (Lipinski definition) is 8. The van der Waals surface area contributed by atoms with E-state index in [9.17, 15) is 4.79 Å². The number of aryl methyl sites for hydroxylation is 1. The van der Waals surface area contributed by atoms with Gasteiger partial charge in [0, 0.05) is 18.4 Å². The maximum atomic E-state index is 12.7. The zero-order chi connectivity index (χ0) is 20.5. The summed E-state index contributed by atoms with van der Waals surface area (Å²) in [5, 5.41) is 22.2. The van der Waals surface area contributed by atoms with E-state index in [0.717, 1.165) is 27.1 Å². The molecular weight excluding hydrogens is 406 g/mol.